The van der Waals surface area contributed by atoms with E-state index in [1.165, 1.54) is 22.5 Å². The first-order valence-electron chi connectivity index (χ1n) is 11.2. The van der Waals surface area contributed by atoms with Crippen LogP contribution in [0.2, 0.25) is 0 Å². The van der Waals surface area contributed by atoms with E-state index in [1.54, 1.807) is 7.11 Å². The summed E-state index contributed by atoms with van der Waals surface area (Å²) in [6.07, 6.45) is 0.723. The highest BCUT2D eigenvalue weighted by Gasteiger charge is 2.41. The fourth-order valence-corrected chi connectivity index (χ4v) is 4.95. The summed E-state index contributed by atoms with van der Waals surface area (Å²) in [5.41, 5.74) is 5.72. The maximum absolute atomic E-state index is 13.5. The number of amides is 1. The van der Waals surface area contributed by atoms with Crippen molar-refractivity contribution >= 4 is 23.0 Å². The van der Waals surface area contributed by atoms with Gasteiger partial charge in [-0.15, -0.1) is 0 Å². The smallest absolute Gasteiger partial charge is 0.229 e. The Hall–Kier alpha value is -3.47. The van der Waals surface area contributed by atoms with E-state index >= 15 is 0 Å². The Morgan fingerprint density at radius 3 is 2.53 bits per heavy atom. The third-order valence-electron chi connectivity index (χ3n) is 6.70. The molecular formula is C27H29N3O2. The summed E-state index contributed by atoms with van der Waals surface area (Å²) in [6, 6.07) is 24.7. The van der Waals surface area contributed by atoms with Crippen LogP contribution in [-0.2, 0) is 11.2 Å². The van der Waals surface area contributed by atoms with Gasteiger partial charge in [0.25, 0.3) is 0 Å². The molecule has 0 bridgehead atoms. The molecule has 5 rings (SSSR count). The van der Waals surface area contributed by atoms with Crippen molar-refractivity contribution in [2.24, 2.45) is 5.92 Å². The van der Waals surface area contributed by atoms with Gasteiger partial charge in [0, 0.05) is 42.8 Å². The van der Waals surface area contributed by atoms with Gasteiger partial charge in [-0.1, -0.05) is 42.0 Å². The predicted octanol–water partition coefficient (Wildman–Crippen LogP) is 4.51. The van der Waals surface area contributed by atoms with E-state index in [0.29, 0.717) is 0 Å². The first kappa shape index (κ1) is 20.4. The molecule has 2 heterocycles. The van der Waals surface area contributed by atoms with Crippen LogP contribution in [0, 0.1) is 12.8 Å². The number of para-hydroxylation sites is 1. The predicted molar refractivity (Wildman–Crippen MR) is 130 cm³/mol. The number of piperazine rings is 1. The fraction of sp³-hybridized carbons (Fsp3) is 0.296. The minimum atomic E-state index is -0.135. The molecule has 2 aliphatic heterocycles. The number of nitrogens with one attached hydrogen (secondary N) is 1. The summed E-state index contributed by atoms with van der Waals surface area (Å²) in [5.74, 6) is 0.804. The molecule has 2 aliphatic rings. The van der Waals surface area contributed by atoms with Crippen LogP contribution in [0.3, 0.4) is 0 Å². The van der Waals surface area contributed by atoms with Crippen LogP contribution in [0.1, 0.15) is 11.1 Å². The third kappa shape index (κ3) is 3.91. The van der Waals surface area contributed by atoms with Crippen molar-refractivity contribution in [3.63, 3.8) is 0 Å². The number of benzene rings is 3. The average molecular weight is 428 g/mol. The lowest BCUT2D eigenvalue weighted by atomic mass is 9.83. The summed E-state index contributed by atoms with van der Waals surface area (Å²) in [5, 5.41) is 3.15. The summed E-state index contributed by atoms with van der Waals surface area (Å²) in [7, 11) is 1.70. The molecule has 0 radical (unpaired) electrons. The van der Waals surface area contributed by atoms with E-state index in [4.69, 9.17) is 4.74 Å². The Labute approximate surface area is 189 Å². The Morgan fingerprint density at radius 2 is 1.78 bits per heavy atom. The van der Waals surface area contributed by atoms with E-state index in [2.05, 4.69) is 58.4 Å². The van der Waals surface area contributed by atoms with Crippen molar-refractivity contribution in [1.29, 1.82) is 0 Å². The molecule has 32 heavy (non-hydrogen) atoms. The normalized spacial score (nSPS) is 19.7. The van der Waals surface area contributed by atoms with Crippen LogP contribution < -0.4 is 19.9 Å². The van der Waals surface area contributed by atoms with Crippen molar-refractivity contribution in [2.45, 2.75) is 19.4 Å². The van der Waals surface area contributed by atoms with E-state index in [0.717, 1.165) is 37.5 Å². The molecule has 0 spiro atoms. The molecule has 0 saturated carbocycles. The number of ether oxygens (including phenoxy) is 1. The van der Waals surface area contributed by atoms with Crippen LogP contribution in [0.4, 0.5) is 17.1 Å². The number of hydrogen-bond acceptors (Lipinski definition) is 4. The SMILES string of the molecule is COc1ccc2c(c1)N1CCN(c3ccc(C)cc3)C[C@@H]1[C@@H](C(=O)Nc1ccccc1)C2. The highest BCUT2D eigenvalue weighted by Crippen LogP contribution is 2.39. The molecule has 1 saturated heterocycles. The van der Waals surface area contributed by atoms with Gasteiger partial charge < -0.3 is 19.9 Å². The number of hydrogen-bond donors (Lipinski definition) is 1. The highest BCUT2D eigenvalue weighted by atomic mass is 16.5. The van der Waals surface area contributed by atoms with Crippen LogP contribution in [0.25, 0.3) is 0 Å². The molecule has 2 atom stereocenters. The lowest BCUT2D eigenvalue weighted by Crippen LogP contribution is -2.60. The van der Waals surface area contributed by atoms with Gasteiger partial charge in [-0.05, 0) is 49.2 Å². The van der Waals surface area contributed by atoms with Gasteiger partial charge in [-0.3, -0.25) is 4.79 Å². The molecule has 0 unspecified atom stereocenters. The van der Waals surface area contributed by atoms with Gasteiger partial charge in [-0.2, -0.15) is 0 Å². The summed E-state index contributed by atoms with van der Waals surface area (Å²) < 4.78 is 5.50. The molecule has 3 aromatic rings. The molecule has 164 valence electrons. The first-order valence-corrected chi connectivity index (χ1v) is 11.2. The highest BCUT2D eigenvalue weighted by molar-refractivity contribution is 5.94. The first-order chi connectivity index (χ1) is 15.6. The Balaban J connectivity index is 1.47. The van der Waals surface area contributed by atoms with Gasteiger partial charge in [0.15, 0.2) is 0 Å². The molecule has 5 nitrogen and oxygen atoms in total. The number of nitrogens with zero attached hydrogens (tertiary/aromatic N) is 2. The van der Waals surface area contributed by atoms with Crippen LogP contribution in [0.15, 0.2) is 72.8 Å². The van der Waals surface area contributed by atoms with Crippen LogP contribution >= 0.6 is 0 Å². The third-order valence-corrected chi connectivity index (χ3v) is 6.70. The summed E-state index contributed by atoms with van der Waals surface area (Å²) in [4.78, 5) is 18.3. The number of methoxy groups -OCH3 is 1. The second kappa shape index (κ2) is 8.58. The van der Waals surface area contributed by atoms with Gasteiger partial charge >= 0.3 is 0 Å². The molecule has 0 aromatic heterocycles. The van der Waals surface area contributed by atoms with E-state index in [-0.39, 0.29) is 17.9 Å². The lowest BCUT2D eigenvalue weighted by Gasteiger charge is -2.49. The standard InChI is InChI=1S/C27H29N3O2/c1-19-8-11-22(12-9-19)29-14-15-30-25-17-23(32-2)13-10-20(25)16-24(26(30)18-29)27(31)28-21-6-4-3-5-7-21/h3-13,17,24,26H,14-16,18H2,1-2H3,(H,28,31)/t24-,26+/m0/s1. The molecule has 0 aliphatic carbocycles. The number of anilines is 3. The lowest BCUT2D eigenvalue weighted by molar-refractivity contribution is -0.120. The van der Waals surface area contributed by atoms with Gasteiger partial charge in [0.05, 0.1) is 19.1 Å². The van der Waals surface area contributed by atoms with Crippen LogP contribution in [-0.4, -0.2) is 38.7 Å². The monoisotopic (exact) mass is 427 g/mol. The van der Waals surface area contributed by atoms with E-state index in [9.17, 15) is 4.79 Å². The number of aryl methyl sites for hydroxylation is 1. The van der Waals surface area contributed by atoms with Crippen LogP contribution in [0.5, 0.6) is 5.75 Å². The van der Waals surface area contributed by atoms with Crippen molar-refractivity contribution in [3.8, 4) is 5.75 Å². The van der Waals surface area contributed by atoms with Gasteiger partial charge in [0.1, 0.15) is 5.75 Å². The second-order valence-corrected chi connectivity index (χ2v) is 8.70. The van der Waals surface area contributed by atoms with Crippen molar-refractivity contribution in [1.82, 2.24) is 0 Å². The van der Waals surface area contributed by atoms with Crippen molar-refractivity contribution in [2.75, 3.05) is 41.9 Å². The Bertz CT molecular complexity index is 1100. The Morgan fingerprint density at radius 1 is 1.00 bits per heavy atom. The molecular weight excluding hydrogens is 398 g/mol. The summed E-state index contributed by atoms with van der Waals surface area (Å²) in [6.45, 7) is 4.71. The second-order valence-electron chi connectivity index (χ2n) is 8.70. The zero-order chi connectivity index (χ0) is 22.1. The van der Waals surface area contributed by atoms with E-state index in [1.807, 2.05) is 36.4 Å². The molecule has 1 fully saturated rings. The molecule has 1 amide bonds. The average Bonchev–Trinajstić information content (AvgIpc) is 2.84. The minimum absolute atomic E-state index is 0.0819. The van der Waals surface area contributed by atoms with Crippen molar-refractivity contribution in [3.05, 3.63) is 83.9 Å². The number of fused-ring (bicyclic) bond motifs is 3. The fourth-order valence-electron chi connectivity index (χ4n) is 4.95. The maximum atomic E-state index is 13.5. The molecule has 5 heteroatoms. The maximum Gasteiger partial charge on any atom is 0.229 e. The minimum Gasteiger partial charge on any atom is -0.497 e. The van der Waals surface area contributed by atoms with Gasteiger partial charge in [0.2, 0.25) is 5.91 Å². The van der Waals surface area contributed by atoms with E-state index < -0.39 is 0 Å². The molecule has 3 aromatic carbocycles. The largest absolute Gasteiger partial charge is 0.497 e. The molecule has 1 N–H and O–H groups in total. The topological polar surface area (TPSA) is 44.8 Å². The van der Waals surface area contributed by atoms with Crippen molar-refractivity contribution < 1.29 is 9.53 Å². The zero-order valence-electron chi connectivity index (χ0n) is 18.6. The quantitative estimate of drug-likeness (QED) is 0.665. The summed E-state index contributed by atoms with van der Waals surface area (Å²) >= 11 is 0. The van der Waals surface area contributed by atoms with Gasteiger partial charge in [-0.25, -0.2) is 0 Å². The number of rotatable bonds is 4. The Kier molecular flexibility index (Phi) is 5.48. The zero-order valence-corrected chi connectivity index (χ0v) is 18.6. The number of carbonyl (C=O) groups excluding carboxylic acids is 1. The number of carbonyl (C=O) groups is 1.